The number of aryl methyl sites for hydroxylation is 1. The molecule has 2 aromatic carbocycles. The van der Waals surface area contributed by atoms with Crippen LogP contribution in [-0.2, 0) is 13.6 Å². The van der Waals surface area contributed by atoms with Crippen molar-refractivity contribution in [1.29, 1.82) is 0 Å². The van der Waals surface area contributed by atoms with Gasteiger partial charge in [-0.3, -0.25) is 14.4 Å². The number of rotatable bonds is 4. The summed E-state index contributed by atoms with van der Waals surface area (Å²) in [5.41, 5.74) is 3.90. The van der Waals surface area contributed by atoms with Gasteiger partial charge in [0, 0.05) is 50.0 Å². The number of aromatic nitrogens is 2. The summed E-state index contributed by atoms with van der Waals surface area (Å²) in [7, 11) is 1.88. The molecule has 1 saturated heterocycles. The van der Waals surface area contributed by atoms with Crippen molar-refractivity contribution >= 4 is 28.9 Å². The molecule has 3 aromatic rings. The lowest BCUT2D eigenvalue weighted by molar-refractivity contribution is 0.215. The van der Waals surface area contributed by atoms with Gasteiger partial charge in [-0.15, -0.1) is 0 Å². The molecule has 5 nitrogen and oxygen atoms in total. The Hall–Kier alpha value is -2.21. The molecule has 1 aliphatic heterocycles. The second kappa shape index (κ2) is 8.50. The first-order chi connectivity index (χ1) is 14.3. The van der Waals surface area contributed by atoms with Crippen molar-refractivity contribution < 1.29 is 0 Å². The first-order valence-electron chi connectivity index (χ1n) is 10.1. The van der Waals surface area contributed by atoms with Crippen LogP contribution in [-0.4, -0.2) is 39.9 Å². The highest BCUT2D eigenvalue weighted by Gasteiger charge is 2.26. The predicted octanol–water partition coefficient (Wildman–Crippen LogP) is 4.50. The van der Waals surface area contributed by atoms with Gasteiger partial charge in [-0.2, -0.15) is 0 Å². The Balaban J connectivity index is 1.54. The Morgan fingerprint density at radius 3 is 2.43 bits per heavy atom. The molecule has 0 N–H and O–H groups in total. The Kier molecular flexibility index (Phi) is 5.96. The first-order valence-corrected chi connectivity index (χ1v) is 10.9. The van der Waals surface area contributed by atoms with Crippen molar-refractivity contribution in [1.82, 2.24) is 14.3 Å². The maximum Gasteiger partial charge on any atom is 0.290 e. The maximum absolute atomic E-state index is 12.8. The molecule has 0 bridgehead atoms. The van der Waals surface area contributed by atoms with Crippen LogP contribution in [0.5, 0.6) is 0 Å². The van der Waals surface area contributed by atoms with E-state index in [1.165, 1.54) is 11.3 Å². The van der Waals surface area contributed by atoms with Gasteiger partial charge in [0.15, 0.2) is 0 Å². The minimum atomic E-state index is -0.206. The van der Waals surface area contributed by atoms with E-state index in [2.05, 4.69) is 47.9 Å². The molecular weight excluding hydrogens is 419 g/mol. The van der Waals surface area contributed by atoms with Crippen LogP contribution in [0.3, 0.4) is 0 Å². The number of anilines is 1. The van der Waals surface area contributed by atoms with Crippen LogP contribution in [0.4, 0.5) is 5.69 Å². The van der Waals surface area contributed by atoms with E-state index in [9.17, 15) is 4.79 Å². The highest BCUT2D eigenvalue weighted by atomic mass is 35.5. The van der Waals surface area contributed by atoms with Gasteiger partial charge in [0.1, 0.15) is 5.02 Å². The predicted molar refractivity (Wildman–Crippen MR) is 124 cm³/mol. The molecule has 0 spiro atoms. The number of piperazine rings is 1. The van der Waals surface area contributed by atoms with Crippen molar-refractivity contribution in [2.75, 3.05) is 24.5 Å². The van der Waals surface area contributed by atoms with Gasteiger partial charge in [0.2, 0.25) is 0 Å². The van der Waals surface area contributed by atoms with Gasteiger partial charge < -0.3 is 4.90 Å². The van der Waals surface area contributed by atoms with Crippen LogP contribution >= 0.6 is 23.2 Å². The van der Waals surface area contributed by atoms with Crippen LogP contribution in [0.1, 0.15) is 18.2 Å². The third kappa shape index (κ3) is 4.02. The Morgan fingerprint density at radius 2 is 1.77 bits per heavy atom. The normalized spacial score (nSPS) is 17.5. The van der Waals surface area contributed by atoms with E-state index in [1.807, 2.05) is 23.9 Å². The van der Waals surface area contributed by atoms with Gasteiger partial charge in [-0.1, -0.05) is 35.3 Å². The number of hydrogen-bond acceptors (Lipinski definition) is 3. The molecule has 0 radical (unpaired) electrons. The van der Waals surface area contributed by atoms with Crippen molar-refractivity contribution in [2.24, 2.45) is 7.05 Å². The van der Waals surface area contributed by atoms with Gasteiger partial charge in [-0.05, 0) is 55.8 Å². The van der Waals surface area contributed by atoms with Crippen molar-refractivity contribution in [3.8, 4) is 5.69 Å². The third-order valence-corrected chi connectivity index (χ3v) is 6.45. The zero-order chi connectivity index (χ0) is 21.4. The van der Waals surface area contributed by atoms with E-state index in [0.29, 0.717) is 17.6 Å². The molecule has 4 rings (SSSR count). The fourth-order valence-corrected chi connectivity index (χ4v) is 4.63. The zero-order valence-corrected chi connectivity index (χ0v) is 19.0. The number of benzene rings is 2. The largest absolute Gasteiger partial charge is 0.366 e. The third-order valence-electron chi connectivity index (χ3n) is 5.81. The number of hydrogen-bond donors (Lipinski definition) is 0. The summed E-state index contributed by atoms with van der Waals surface area (Å²) in [5, 5.41) is 0.911. The summed E-state index contributed by atoms with van der Waals surface area (Å²) in [6.45, 7) is 7.76. The monoisotopic (exact) mass is 444 g/mol. The highest BCUT2D eigenvalue weighted by molar-refractivity contribution is 6.31. The zero-order valence-electron chi connectivity index (χ0n) is 17.5. The minimum absolute atomic E-state index is 0.206. The van der Waals surface area contributed by atoms with Crippen LogP contribution in [0, 0.1) is 6.92 Å². The molecule has 1 atom stereocenters. The molecule has 1 aromatic heterocycles. The first kappa shape index (κ1) is 21.0. The molecule has 30 heavy (non-hydrogen) atoms. The summed E-state index contributed by atoms with van der Waals surface area (Å²) in [4.78, 5) is 17.6. The molecule has 0 amide bonds. The molecule has 7 heteroatoms. The van der Waals surface area contributed by atoms with E-state index in [4.69, 9.17) is 23.2 Å². The number of nitrogens with zero attached hydrogens (tertiary/aromatic N) is 4. The lowest BCUT2D eigenvalue weighted by Crippen LogP contribution is -2.51. The average molecular weight is 445 g/mol. The lowest BCUT2D eigenvalue weighted by Gasteiger charge is -2.41. The second-order valence-electron chi connectivity index (χ2n) is 7.99. The van der Waals surface area contributed by atoms with Crippen LogP contribution in [0.2, 0.25) is 10.0 Å². The summed E-state index contributed by atoms with van der Waals surface area (Å²) in [6, 6.07) is 16.2. The topological polar surface area (TPSA) is 33.4 Å². The molecule has 2 heterocycles. The fraction of sp³-hybridized carbons (Fsp3) is 0.348. The Morgan fingerprint density at radius 1 is 1.03 bits per heavy atom. The molecule has 1 aliphatic rings. The molecule has 1 fully saturated rings. The van der Waals surface area contributed by atoms with Crippen LogP contribution in [0.15, 0.2) is 53.3 Å². The average Bonchev–Trinajstić information content (AvgIpc) is 2.92. The Labute approximate surface area is 187 Å². The molecule has 1 unspecified atom stereocenters. The molecule has 0 aliphatic carbocycles. The maximum atomic E-state index is 12.8. The summed E-state index contributed by atoms with van der Waals surface area (Å²) in [6.07, 6.45) is 0. The van der Waals surface area contributed by atoms with Gasteiger partial charge in [0.05, 0.1) is 11.4 Å². The van der Waals surface area contributed by atoms with Crippen LogP contribution in [0.25, 0.3) is 5.69 Å². The van der Waals surface area contributed by atoms with Crippen molar-refractivity contribution in [3.63, 3.8) is 0 Å². The Bertz CT molecular complexity index is 1100. The highest BCUT2D eigenvalue weighted by Crippen LogP contribution is 2.24. The number of halogens is 2. The summed E-state index contributed by atoms with van der Waals surface area (Å²) in [5.74, 6) is 0. The SMILES string of the molecule is Cc1cccc(N2CCN(Cc3c(Cl)c(=O)n(-c4ccc(Cl)cc4)n3C)CC2C)c1. The second-order valence-corrected chi connectivity index (χ2v) is 8.81. The fourth-order valence-electron chi connectivity index (χ4n) is 4.24. The lowest BCUT2D eigenvalue weighted by atomic mass is 10.1. The standard InChI is InChI=1S/C23H26Cl2N4O/c1-16-5-4-6-20(13-16)28-12-11-27(14-17(28)2)15-21-22(25)23(30)29(26(21)3)19-9-7-18(24)8-10-19/h4-10,13,17H,11-12,14-15H2,1-3H3. The van der Waals surface area contributed by atoms with Gasteiger partial charge in [-0.25, -0.2) is 4.68 Å². The quantitative estimate of drug-likeness (QED) is 0.593. The summed E-state index contributed by atoms with van der Waals surface area (Å²) < 4.78 is 3.45. The van der Waals surface area contributed by atoms with E-state index in [-0.39, 0.29) is 10.6 Å². The summed E-state index contributed by atoms with van der Waals surface area (Å²) >= 11 is 12.5. The minimum Gasteiger partial charge on any atom is -0.366 e. The van der Waals surface area contributed by atoms with Crippen molar-refractivity contribution in [3.05, 3.63) is 80.2 Å². The smallest absolute Gasteiger partial charge is 0.290 e. The van der Waals surface area contributed by atoms with E-state index >= 15 is 0 Å². The van der Waals surface area contributed by atoms with Crippen molar-refractivity contribution in [2.45, 2.75) is 26.4 Å². The molecular formula is C23H26Cl2N4O. The van der Waals surface area contributed by atoms with E-state index in [0.717, 1.165) is 31.0 Å². The molecule has 158 valence electrons. The van der Waals surface area contributed by atoms with E-state index in [1.54, 1.807) is 16.8 Å². The van der Waals surface area contributed by atoms with Gasteiger partial charge in [0.25, 0.3) is 5.56 Å². The van der Waals surface area contributed by atoms with Gasteiger partial charge >= 0.3 is 0 Å². The van der Waals surface area contributed by atoms with E-state index < -0.39 is 0 Å². The molecule has 0 saturated carbocycles. The van der Waals surface area contributed by atoms with Crippen LogP contribution < -0.4 is 10.5 Å².